The number of ether oxygens (including phenoxy) is 2. The van der Waals surface area contributed by atoms with Gasteiger partial charge in [-0.3, -0.25) is 0 Å². The lowest BCUT2D eigenvalue weighted by Crippen LogP contribution is -2.36. The molecule has 0 aromatic heterocycles. The maximum atomic E-state index is 9.66. The van der Waals surface area contributed by atoms with E-state index in [0.717, 1.165) is 5.56 Å². The summed E-state index contributed by atoms with van der Waals surface area (Å²) in [5.74, 6) is 0. The monoisotopic (exact) mass is 288 g/mol. The molecular formula is C14H21ClO4. The number of halogens is 1. The van der Waals surface area contributed by atoms with Crippen LogP contribution >= 0.6 is 11.6 Å². The van der Waals surface area contributed by atoms with Crippen LogP contribution in [0.5, 0.6) is 0 Å². The molecule has 19 heavy (non-hydrogen) atoms. The lowest BCUT2D eigenvalue weighted by atomic mass is 9.79. The van der Waals surface area contributed by atoms with E-state index in [4.69, 9.17) is 21.1 Å². The summed E-state index contributed by atoms with van der Waals surface area (Å²) in [4.78, 5) is 0. The van der Waals surface area contributed by atoms with Gasteiger partial charge in [-0.05, 0) is 18.1 Å². The molecule has 0 fully saturated rings. The molecule has 0 aliphatic rings. The van der Waals surface area contributed by atoms with Crippen LogP contribution in [-0.4, -0.2) is 50.4 Å². The maximum absolute atomic E-state index is 9.66. The first-order valence-corrected chi connectivity index (χ1v) is 6.61. The molecule has 5 heteroatoms. The zero-order valence-corrected chi connectivity index (χ0v) is 11.9. The Morgan fingerprint density at radius 1 is 1.11 bits per heavy atom. The van der Waals surface area contributed by atoms with Crippen molar-refractivity contribution in [1.29, 1.82) is 0 Å². The van der Waals surface area contributed by atoms with E-state index in [1.165, 1.54) is 0 Å². The molecule has 0 aliphatic heterocycles. The number of methoxy groups -OCH3 is 1. The number of benzene rings is 1. The van der Waals surface area contributed by atoms with Crippen molar-refractivity contribution in [2.45, 2.75) is 11.8 Å². The second-order valence-corrected chi connectivity index (χ2v) is 4.84. The Morgan fingerprint density at radius 2 is 1.79 bits per heavy atom. The fourth-order valence-corrected chi connectivity index (χ4v) is 2.25. The first-order chi connectivity index (χ1) is 9.20. The SMILES string of the molecule is COCCOCCC(CO)(CO)c1ccccc1Cl. The molecule has 0 aliphatic carbocycles. The van der Waals surface area contributed by atoms with Gasteiger partial charge in [-0.1, -0.05) is 29.8 Å². The van der Waals surface area contributed by atoms with Gasteiger partial charge in [0.1, 0.15) is 0 Å². The predicted molar refractivity (Wildman–Crippen MR) is 74.6 cm³/mol. The molecule has 0 unspecified atom stereocenters. The average Bonchev–Trinajstić information content (AvgIpc) is 2.44. The van der Waals surface area contributed by atoms with Gasteiger partial charge in [-0.25, -0.2) is 0 Å². The summed E-state index contributed by atoms with van der Waals surface area (Å²) in [6.45, 7) is 1.08. The van der Waals surface area contributed by atoms with E-state index in [1.54, 1.807) is 13.2 Å². The molecule has 0 radical (unpaired) electrons. The summed E-state index contributed by atoms with van der Waals surface area (Å²) in [7, 11) is 1.61. The van der Waals surface area contributed by atoms with E-state index in [0.29, 0.717) is 31.3 Å². The molecule has 1 rings (SSSR count). The van der Waals surface area contributed by atoms with Gasteiger partial charge >= 0.3 is 0 Å². The predicted octanol–water partition coefficient (Wildman–Crippen LogP) is 1.62. The van der Waals surface area contributed by atoms with Gasteiger partial charge in [-0.2, -0.15) is 0 Å². The Kier molecular flexibility index (Phi) is 7.34. The zero-order valence-electron chi connectivity index (χ0n) is 11.1. The van der Waals surface area contributed by atoms with E-state index in [9.17, 15) is 10.2 Å². The Hall–Kier alpha value is -0.650. The molecule has 2 N–H and O–H groups in total. The van der Waals surface area contributed by atoms with Crippen LogP contribution in [-0.2, 0) is 14.9 Å². The minimum atomic E-state index is -0.772. The van der Waals surface area contributed by atoms with Gasteiger partial charge in [-0.15, -0.1) is 0 Å². The quantitative estimate of drug-likeness (QED) is 0.678. The Labute approximate surface area is 118 Å². The molecule has 0 atom stereocenters. The van der Waals surface area contributed by atoms with E-state index in [-0.39, 0.29) is 13.2 Å². The third kappa shape index (κ3) is 4.44. The van der Waals surface area contributed by atoms with Crippen LogP contribution in [0.4, 0.5) is 0 Å². The van der Waals surface area contributed by atoms with Crippen LogP contribution in [0.15, 0.2) is 24.3 Å². The Bertz CT molecular complexity index is 366. The minimum absolute atomic E-state index is 0.180. The van der Waals surface area contributed by atoms with Gasteiger partial charge < -0.3 is 19.7 Å². The Balaban J connectivity index is 2.71. The second-order valence-electron chi connectivity index (χ2n) is 4.43. The highest BCUT2D eigenvalue weighted by Gasteiger charge is 2.32. The van der Waals surface area contributed by atoms with Crippen molar-refractivity contribution in [1.82, 2.24) is 0 Å². The second kappa shape index (κ2) is 8.51. The molecule has 0 saturated heterocycles. The van der Waals surface area contributed by atoms with Gasteiger partial charge in [0.15, 0.2) is 0 Å². The first-order valence-electron chi connectivity index (χ1n) is 6.23. The third-order valence-corrected chi connectivity index (χ3v) is 3.54. The van der Waals surface area contributed by atoms with Crippen molar-refractivity contribution in [3.63, 3.8) is 0 Å². The smallest absolute Gasteiger partial charge is 0.0700 e. The van der Waals surface area contributed by atoms with Crippen molar-refractivity contribution < 1.29 is 19.7 Å². The van der Waals surface area contributed by atoms with Crippen LogP contribution < -0.4 is 0 Å². The van der Waals surface area contributed by atoms with Crippen molar-refractivity contribution in [2.24, 2.45) is 0 Å². The summed E-state index contributed by atoms with van der Waals surface area (Å²) in [6, 6.07) is 7.24. The van der Waals surface area contributed by atoms with Gasteiger partial charge in [0.25, 0.3) is 0 Å². The number of hydrogen-bond donors (Lipinski definition) is 2. The van der Waals surface area contributed by atoms with Gasteiger partial charge in [0, 0.05) is 24.2 Å². The fourth-order valence-electron chi connectivity index (χ4n) is 1.92. The number of aliphatic hydroxyl groups is 2. The lowest BCUT2D eigenvalue weighted by molar-refractivity contribution is 0.0391. The van der Waals surface area contributed by atoms with Crippen LogP contribution in [0.1, 0.15) is 12.0 Å². The molecule has 0 saturated carbocycles. The molecule has 1 aromatic rings. The summed E-state index contributed by atoms with van der Waals surface area (Å²) in [6.07, 6.45) is 0.493. The highest BCUT2D eigenvalue weighted by Crippen LogP contribution is 2.32. The largest absolute Gasteiger partial charge is 0.395 e. The van der Waals surface area contributed by atoms with E-state index >= 15 is 0 Å². The molecule has 108 valence electrons. The highest BCUT2D eigenvalue weighted by molar-refractivity contribution is 6.31. The number of rotatable bonds is 9. The summed E-state index contributed by atoms with van der Waals surface area (Å²) in [5, 5.41) is 19.9. The summed E-state index contributed by atoms with van der Waals surface area (Å²) in [5.41, 5.74) is -0.0252. The third-order valence-electron chi connectivity index (χ3n) is 3.21. The first kappa shape index (κ1) is 16.4. The maximum Gasteiger partial charge on any atom is 0.0700 e. The van der Waals surface area contributed by atoms with Crippen LogP contribution in [0.3, 0.4) is 0 Å². The van der Waals surface area contributed by atoms with Crippen molar-refractivity contribution in [3.05, 3.63) is 34.9 Å². The van der Waals surface area contributed by atoms with E-state index in [1.807, 2.05) is 18.2 Å². The molecule has 1 aromatic carbocycles. The van der Waals surface area contributed by atoms with Crippen molar-refractivity contribution >= 4 is 11.6 Å². The highest BCUT2D eigenvalue weighted by atomic mass is 35.5. The molecule has 4 nitrogen and oxygen atoms in total. The lowest BCUT2D eigenvalue weighted by Gasteiger charge is -2.31. The minimum Gasteiger partial charge on any atom is -0.395 e. The van der Waals surface area contributed by atoms with E-state index in [2.05, 4.69) is 0 Å². The Morgan fingerprint density at radius 3 is 2.37 bits per heavy atom. The topological polar surface area (TPSA) is 58.9 Å². The average molecular weight is 289 g/mol. The molecule has 0 bridgehead atoms. The van der Waals surface area contributed by atoms with Crippen molar-refractivity contribution in [2.75, 3.05) is 40.1 Å². The summed E-state index contributed by atoms with van der Waals surface area (Å²) >= 11 is 6.15. The molecule has 0 spiro atoms. The van der Waals surface area contributed by atoms with Crippen LogP contribution in [0, 0.1) is 0 Å². The normalized spacial score (nSPS) is 11.8. The molecule has 0 heterocycles. The molecule has 0 amide bonds. The zero-order chi connectivity index (χ0) is 14.1. The van der Waals surface area contributed by atoms with Crippen molar-refractivity contribution in [3.8, 4) is 0 Å². The fraction of sp³-hybridized carbons (Fsp3) is 0.571. The van der Waals surface area contributed by atoms with Gasteiger partial charge in [0.2, 0.25) is 0 Å². The number of aliphatic hydroxyl groups excluding tert-OH is 2. The van der Waals surface area contributed by atoms with Gasteiger partial charge in [0.05, 0.1) is 26.4 Å². The standard InChI is InChI=1S/C14H21ClO4/c1-18-8-9-19-7-6-14(10-16,11-17)12-4-2-3-5-13(12)15/h2-5,16-17H,6-11H2,1H3. The van der Waals surface area contributed by atoms with Crippen LogP contribution in [0.25, 0.3) is 0 Å². The summed E-state index contributed by atoms with van der Waals surface area (Å²) < 4.78 is 10.3. The number of hydrogen-bond acceptors (Lipinski definition) is 4. The van der Waals surface area contributed by atoms with E-state index < -0.39 is 5.41 Å². The van der Waals surface area contributed by atoms with Crippen LogP contribution in [0.2, 0.25) is 5.02 Å². The molecular weight excluding hydrogens is 268 g/mol.